The molecule has 0 spiro atoms. The van der Waals surface area contributed by atoms with Gasteiger partial charge in [0, 0.05) is 11.1 Å². The van der Waals surface area contributed by atoms with Gasteiger partial charge in [0.2, 0.25) is 0 Å². The van der Waals surface area contributed by atoms with Crippen LogP contribution in [-0.2, 0) is 0 Å². The lowest BCUT2D eigenvalue weighted by Crippen LogP contribution is -1.96. The van der Waals surface area contributed by atoms with E-state index in [1.165, 1.54) is 0 Å². The van der Waals surface area contributed by atoms with Crippen LogP contribution in [0.5, 0.6) is 5.75 Å². The second-order valence-electron chi connectivity index (χ2n) is 5.40. The molecular formula is C21H14N3O. The zero-order chi connectivity index (χ0) is 17.1. The van der Waals surface area contributed by atoms with E-state index in [1.54, 1.807) is 17.8 Å². The van der Waals surface area contributed by atoms with Crippen LogP contribution in [0.25, 0.3) is 16.9 Å². The number of hydrogen-bond donors (Lipinski definition) is 0. The number of rotatable bonds is 2. The van der Waals surface area contributed by atoms with Crippen molar-refractivity contribution in [1.29, 1.82) is 0 Å². The molecule has 4 heteroatoms. The Kier molecular flexibility index (Phi) is 3.89. The topological polar surface area (TPSA) is 39.4 Å². The smallest absolute Gasteiger partial charge is 0.154 e. The van der Waals surface area contributed by atoms with Crippen molar-refractivity contribution in [2.24, 2.45) is 0 Å². The van der Waals surface area contributed by atoms with E-state index in [4.69, 9.17) is 4.74 Å². The highest BCUT2D eigenvalue weighted by Gasteiger charge is 2.05. The zero-order valence-corrected chi connectivity index (χ0v) is 13.6. The van der Waals surface area contributed by atoms with Gasteiger partial charge in [-0.05, 0) is 48.4 Å². The Labute approximate surface area is 145 Å². The predicted molar refractivity (Wildman–Crippen MR) is 96.2 cm³/mol. The molecule has 0 fully saturated rings. The van der Waals surface area contributed by atoms with E-state index in [0.29, 0.717) is 0 Å². The summed E-state index contributed by atoms with van der Waals surface area (Å²) in [4.78, 5) is 4.36. The second-order valence-corrected chi connectivity index (χ2v) is 5.40. The van der Waals surface area contributed by atoms with Gasteiger partial charge in [0.15, 0.2) is 5.65 Å². The van der Waals surface area contributed by atoms with Crippen LogP contribution in [-0.4, -0.2) is 21.7 Å². The zero-order valence-electron chi connectivity index (χ0n) is 13.6. The van der Waals surface area contributed by atoms with Gasteiger partial charge in [-0.1, -0.05) is 30.2 Å². The van der Waals surface area contributed by atoms with Gasteiger partial charge >= 0.3 is 0 Å². The summed E-state index contributed by atoms with van der Waals surface area (Å²) >= 11 is 0. The average Bonchev–Trinajstić information content (AvgIpc) is 3.10. The first kappa shape index (κ1) is 15.0. The largest absolute Gasteiger partial charge is 0.497 e. The molecule has 2 heterocycles. The standard InChI is InChI=1S/C21H14N3O/c1-25-19-11-8-16(9-12-19)7-10-18-15-22-21-14-13-20(23-24(18)21)17-5-3-2-4-6-17/h3-6,8-9,11-15H,1H3. The summed E-state index contributed by atoms with van der Waals surface area (Å²) in [6.45, 7) is 0. The Morgan fingerprint density at radius 1 is 0.960 bits per heavy atom. The van der Waals surface area contributed by atoms with E-state index in [2.05, 4.69) is 28.0 Å². The molecule has 4 aromatic rings. The summed E-state index contributed by atoms with van der Waals surface area (Å²) in [5.74, 6) is 7.09. The SMILES string of the molecule is COc1ccc(C#Cc2cnc3ccc(-c4cc[c]cc4)nn23)cc1. The summed E-state index contributed by atoms with van der Waals surface area (Å²) in [7, 11) is 1.65. The maximum atomic E-state index is 5.16. The molecule has 0 aliphatic heterocycles. The normalized spacial score (nSPS) is 10.3. The van der Waals surface area contributed by atoms with Crippen LogP contribution in [0.1, 0.15) is 11.3 Å². The Morgan fingerprint density at radius 3 is 2.52 bits per heavy atom. The maximum Gasteiger partial charge on any atom is 0.154 e. The Balaban J connectivity index is 1.72. The van der Waals surface area contributed by atoms with Gasteiger partial charge in [0.1, 0.15) is 11.4 Å². The second kappa shape index (κ2) is 6.50. The van der Waals surface area contributed by atoms with Gasteiger partial charge < -0.3 is 4.74 Å². The summed E-state index contributed by atoms with van der Waals surface area (Å²) < 4.78 is 6.92. The molecule has 0 saturated heterocycles. The van der Waals surface area contributed by atoms with E-state index in [0.717, 1.165) is 33.9 Å². The van der Waals surface area contributed by atoms with Crippen molar-refractivity contribution in [3.63, 3.8) is 0 Å². The van der Waals surface area contributed by atoms with Crippen molar-refractivity contribution >= 4 is 5.65 Å². The third kappa shape index (κ3) is 3.08. The highest BCUT2D eigenvalue weighted by atomic mass is 16.5. The Morgan fingerprint density at radius 2 is 1.76 bits per heavy atom. The third-order valence-electron chi connectivity index (χ3n) is 3.80. The molecule has 0 aliphatic rings. The number of aromatic nitrogens is 3. The third-order valence-corrected chi connectivity index (χ3v) is 3.80. The molecule has 0 saturated carbocycles. The summed E-state index contributed by atoms with van der Waals surface area (Å²) in [5.41, 5.74) is 4.32. The number of methoxy groups -OCH3 is 1. The molecule has 0 N–H and O–H groups in total. The van der Waals surface area contributed by atoms with Crippen molar-refractivity contribution in [1.82, 2.24) is 14.6 Å². The average molecular weight is 324 g/mol. The fraction of sp³-hybridized carbons (Fsp3) is 0.0476. The highest BCUT2D eigenvalue weighted by Crippen LogP contribution is 2.17. The van der Waals surface area contributed by atoms with Crippen LogP contribution in [0.3, 0.4) is 0 Å². The van der Waals surface area contributed by atoms with Crippen molar-refractivity contribution in [3.8, 4) is 28.8 Å². The van der Waals surface area contributed by atoms with Gasteiger partial charge in [0.05, 0.1) is 19.0 Å². The van der Waals surface area contributed by atoms with Crippen molar-refractivity contribution in [2.45, 2.75) is 0 Å². The summed E-state index contributed by atoms with van der Waals surface area (Å²) in [6, 6.07) is 22.3. The van der Waals surface area contributed by atoms with E-state index < -0.39 is 0 Å². The van der Waals surface area contributed by atoms with Crippen molar-refractivity contribution < 1.29 is 4.74 Å². The van der Waals surface area contributed by atoms with Crippen LogP contribution in [0.15, 0.2) is 66.9 Å². The molecule has 0 atom stereocenters. The molecular weight excluding hydrogens is 310 g/mol. The number of imidazole rings is 1. The number of hydrogen-bond acceptors (Lipinski definition) is 3. The minimum Gasteiger partial charge on any atom is -0.497 e. The lowest BCUT2D eigenvalue weighted by atomic mass is 10.1. The Bertz CT molecular complexity index is 1070. The fourth-order valence-corrected chi connectivity index (χ4v) is 2.48. The van der Waals surface area contributed by atoms with Gasteiger partial charge in [-0.15, -0.1) is 0 Å². The van der Waals surface area contributed by atoms with E-state index >= 15 is 0 Å². The van der Waals surface area contributed by atoms with E-state index in [9.17, 15) is 0 Å². The minimum absolute atomic E-state index is 0.746. The molecule has 2 aromatic heterocycles. The first-order valence-corrected chi connectivity index (χ1v) is 7.81. The highest BCUT2D eigenvalue weighted by molar-refractivity contribution is 5.60. The maximum absolute atomic E-state index is 5.16. The molecule has 0 aliphatic carbocycles. The first-order valence-electron chi connectivity index (χ1n) is 7.81. The minimum atomic E-state index is 0.746. The van der Waals surface area contributed by atoms with Crippen LogP contribution in [0.2, 0.25) is 0 Å². The molecule has 0 bridgehead atoms. The van der Waals surface area contributed by atoms with Gasteiger partial charge in [-0.25, -0.2) is 9.50 Å². The monoisotopic (exact) mass is 324 g/mol. The Hall–Kier alpha value is -3.58. The van der Waals surface area contributed by atoms with Crippen molar-refractivity contribution in [3.05, 3.63) is 84.2 Å². The number of benzene rings is 2. The quantitative estimate of drug-likeness (QED) is 0.529. The van der Waals surface area contributed by atoms with Crippen molar-refractivity contribution in [2.75, 3.05) is 7.11 Å². The summed E-state index contributed by atoms with van der Waals surface area (Å²) in [5, 5.41) is 4.66. The van der Waals surface area contributed by atoms with E-state index in [-0.39, 0.29) is 0 Å². The molecule has 2 aromatic carbocycles. The first-order chi connectivity index (χ1) is 12.3. The molecule has 25 heavy (non-hydrogen) atoms. The summed E-state index contributed by atoms with van der Waals surface area (Å²) in [6.07, 6.45) is 1.74. The molecule has 119 valence electrons. The van der Waals surface area contributed by atoms with Crippen LogP contribution >= 0.6 is 0 Å². The predicted octanol–water partition coefficient (Wildman–Crippen LogP) is 3.60. The van der Waals surface area contributed by atoms with Gasteiger partial charge in [0.25, 0.3) is 0 Å². The lowest BCUT2D eigenvalue weighted by Gasteiger charge is -2.01. The number of fused-ring (bicyclic) bond motifs is 1. The molecule has 0 unspecified atom stereocenters. The van der Waals surface area contributed by atoms with E-state index in [1.807, 2.05) is 60.7 Å². The van der Waals surface area contributed by atoms with Gasteiger partial charge in [-0.2, -0.15) is 5.10 Å². The van der Waals surface area contributed by atoms with Gasteiger partial charge in [-0.3, -0.25) is 0 Å². The fourth-order valence-electron chi connectivity index (χ4n) is 2.48. The molecule has 4 nitrogen and oxygen atoms in total. The lowest BCUT2D eigenvalue weighted by molar-refractivity contribution is 0.415. The number of nitrogens with zero attached hydrogens (tertiary/aromatic N) is 3. The van der Waals surface area contributed by atoms with Crippen LogP contribution in [0.4, 0.5) is 0 Å². The number of ether oxygens (including phenoxy) is 1. The van der Waals surface area contributed by atoms with Crippen LogP contribution < -0.4 is 4.74 Å². The molecule has 0 amide bonds. The molecule has 4 rings (SSSR count). The molecule has 1 radical (unpaired) electrons. The van der Waals surface area contributed by atoms with Crippen LogP contribution in [0, 0.1) is 17.9 Å².